The van der Waals surface area contributed by atoms with Gasteiger partial charge >= 0.3 is 0 Å². The van der Waals surface area contributed by atoms with E-state index in [4.69, 9.17) is 21.1 Å². The number of fused-ring (bicyclic) bond motifs is 1. The van der Waals surface area contributed by atoms with Gasteiger partial charge in [-0.25, -0.2) is 0 Å². The lowest BCUT2D eigenvalue weighted by atomic mass is 10.1. The first kappa shape index (κ1) is 16.8. The minimum atomic E-state index is -0.387. The van der Waals surface area contributed by atoms with Crippen molar-refractivity contribution in [1.82, 2.24) is 4.90 Å². The molecule has 0 radical (unpaired) electrons. The molecule has 1 fully saturated rings. The Kier molecular flexibility index (Phi) is 4.26. The second kappa shape index (κ2) is 6.59. The summed E-state index contributed by atoms with van der Waals surface area (Å²) in [6.07, 6.45) is 1.62. The molecule has 0 aliphatic carbocycles. The first-order valence-electron chi connectivity index (χ1n) is 7.64. The number of imide groups is 1. The largest absolute Gasteiger partial charge is 0.508 e. The number of aromatic hydroxyl groups is 1. The van der Waals surface area contributed by atoms with Crippen LogP contribution in [0.15, 0.2) is 41.3 Å². The Bertz CT molecular complexity index is 941. The van der Waals surface area contributed by atoms with Gasteiger partial charge in [0.15, 0.2) is 11.5 Å². The lowest BCUT2D eigenvalue weighted by Gasteiger charge is -2.14. The Labute approximate surface area is 158 Å². The summed E-state index contributed by atoms with van der Waals surface area (Å²) >= 11 is 7.10. The zero-order valence-electron chi connectivity index (χ0n) is 13.3. The van der Waals surface area contributed by atoms with Crippen molar-refractivity contribution >= 4 is 40.6 Å². The quantitative estimate of drug-likeness (QED) is 0.799. The smallest absolute Gasteiger partial charge is 0.293 e. The third-order valence-electron chi connectivity index (χ3n) is 3.93. The van der Waals surface area contributed by atoms with E-state index in [1.807, 2.05) is 0 Å². The number of nitrogens with zero attached hydrogens (tertiary/aromatic N) is 1. The van der Waals surface area contributed by atoms with Gasteiger partial charge in [-0.3, -0.25) is 14.5 Å². The lowest BCUT2D eigenvalue weighted by Crippen LogP contribution is -2.27. The summed E-state index contributed by atoms with van der Waals surface area (Å²) < 4.78 is 10.6. The third kappa shape index (κ3) is 3.11. The maximum Gasteiger partial charge on any atom is 0.293 e. The van der Waals surface area contributed by atoms with E-state index < -0.39 is 0 Å². The lowest BCUT2D eigenvalue weighted by molar-refractivity contribution is -0.123. The van der Waals surface area contributed by atoms with Crippen LogP contribution in [0.25, 0.3) is 6.08 Å². The molecule has 0 bridgehead atoms. The van der Waals surface area contributed by atoms with Crippen molar-refractivity contribution in [2.24, 2.45) is 0 Å². The van der Waals surface area contributed by atoms with E-state index in [0.717, 1.165) is 22.2 Å². The van der Waals surface area contributed by atoms with Gasteiger partial charge in [0, 0.05) is 11.1 Å². The monoisotopic (exact) mass is 389 g/mol. The highest BCUT2D eigenvalue weighted by molar-refractivity contribution is 8.18. The Hall–Kier alpha value is -2.64. The van der Waals surface area contributed by atoms with Crippen LogP contribution in [0, 0.1) is 0 Å². The molecule has 6 nitrogen and oxygen atoms in total. The summed E-state index contributed by atoms with van der Waals surface area (Å²) in [5.41, 5.74) is 1.32. The molecule has 8 heteroatoms. The van der Waals surface area contributed by atoms with E-state index in [9.17, 15) is 14.7 Å². The standard InChI is InChI=1S/C18H12ClNO5S/c19-13-7-15-14(24-9-25-15)6-11(13)8-20-17(22)16(26-18(20)23)5-10-1-3-12(21)4-2-10/h1-7,21H,8-9H2/b16-5+. The molecule has 2 aliphatic rings. The number of ether oxygens (including phenoxy) is 2. The van der Waals surface area contributed by atoms with Gasteiger partial charge in [0.05, 0.1) is 11.4 Å². The predicted molar refractivity (Wildman–Crippen MR) is 97.2 cm³/mol. The molecule has 1 saturated heterocycles. The van der Waals surface area contributed by atoms with Crippen LogP contribution in [0.3, 0.4) is 0 Å². The number of halogens is 1. The van der Waals surface area contributed by atoms with Gasteiger partial charge in [0.1, 0.15) is 5.75 Å². The van der Waals surface area contributed by atoms with Crippen LogP contribution in [-0.2, 0) is 11.3 Å². The molecule has 0 saturated carbocycles. The Balaban J connectivity index is 1.57. The maximum absolute atomic E-state index is 12.6. The highest BCUT2D eigenvalue weighted by Crippen LogP contribution is 2.39. The van der Waals surface area contributed by atoms with Crippen LogP contribution in [0.5, 0.6) is 17.2 Å². The molecule has 2 aromatic rings. The molecule has 2 aliphatic heterocycles. The van der Waals surface area contributed by atoms with Crippen molar-refractivity contribution in [3.63, 3.8) is 0 Å². The van der Waals surface area contributed by atoms with Crippen LogP contribution < -0.4 is 9.47 Å². The molecular formula is C18H12ClNO5S. The van der Waals surface area contributed by atoms with Crippen molar-refractivity contribution in [1.29, 1.82) is 0 Å². The normalized spacial score (nSPS) is 17.4. The first-order valence-corrected chi connectivity index (χ1v) is 8.83. The zero-order valence-corrected chi connectivity index (χ0v) is 14.8. The summed E-state index contributed by atoms with van der Waals surface area (Å²) in [4.78, 5) is 26.3. The summed E-state index contributed by atoms with van der Waals surface area (Å²) in [5, 5.41) is 9.36. The van der Waals surface area contributed by atoms with E-state index in [2.05, 4.69) is 0 Å². The Morgan fingerprint density at radius 1 is 1.15 bits per heavy atom. The van der Waals surface area contributed by atoms with Crippen LogP contribution >= 0.6 is 23.4 Å². The van der Waals surface area contributed by atoms with Crippen LogP contribution in [-0.4, -0.2) is 27.9 Å². The van der Waals surface area contributed by atoms with Crippen molar-refractivity contribution in [3.05, 3.63) is 57.5 Å². The fraction of sp³-hybridized carbons (Fsp3) is 0.111. The SMILES string of the molecule is O=C1S/C(=C/c2ccc(O)cc2)C(=O)N1Cc1cc2c(cc1Cl)OCO2. The third-order valence-corrected chi connectivity index (χ3v) is 5.19. The van der Waals surface area contributed by atoms with Crippen molar-refractivity contribution in [3.8, 4) is 17.2 Å². The number of phenolic OH excluding ortho intramolecular Hbond substituents is 1. The average molecular weight is 390 g/mol. The summed E-state index contributed by atoms with van der Waals surface area (Å²) in [5.74, 6) is 0.825. The molecule has 0 aromatic heterocycles. The van der Waals surface area contributed by atoms with E-state index in [-0.39, 0.29) is 30.2 Å². The molecule has 132 valence electrons. The highest BCUT2D eigenvalue weighted by atomic mass is 35.5. The van der Waals surface area contributed by atoms with Gasteiger partial charge in [-0.15, -0.1) is 0 Å². The molecular weight excluding hydrogens is 378 g/mol. The van der Waals surface area contributed by atoms with Crippen molar-refractivity contribution < 1.29 is 24.2 Å². The van der Waals surface area contributed by atoms with E-state index in [0.29, 0.717) is 27.0 Å². The molecule has 0 atom stereocenters. The molecule has 2 aromatic carbocycles. The molecule has 2 heterocycles. The number of thioether (sulfide) groups is 1. The maximum atomic E-state index is 12.6. The molecule has 1 N–H and O–H groups in total. The van der Waals surface area contributed by atoms with Crippen LogP contribution in [0.1, 0.15) is 11.1 Å². The fourth-order valence-corrected chi connectivity index (χ4v) is 3.66. The van der Waals surface area contributed by atoms with Gasteiger partial charge in [0.25, 0.3) is 11.1 Å². The topological polar surface area (TPSA) is 76.1 Å². The second-order valence-corrected chi connectivity index (χ2v) is 7.06. The van der Waals surface area contributed by atoms with Gasteiger partial charge in [-0.05, 0) is 47.2 Å². The molecule has 0 unspecified atom stereocenters. The van der Waals surface area contributed by atoms with E-state index in [1.54, 1.807) is 30.3 Å². The Morgan fingerprint density at radius 2 is 1.85 bits per heavy atom. The summed E-state index contributed by atoms with van der Waals surface area (Å²) in [7, 11) is 0. The van der Waals surface area contributed by atoms with Gasteiger partial charge in [-0.1, -0.05) is 23.7 Å². The number of benzene rings is 2. The molecule has 4 rings (SSSR count). The number of amides is 2. The highest BCUT2D eigenvalue weighted by Gasteiger charge is 2.35. The number of rotatable bonds is 3. The first-order chi connectivity index (χ1) is 12.5. The van der Waals surface area contributed by atoms with Crippen LogP contribution in [0.4, 0.5) is 4.79 Å². The second-order valence-electron chi connectivity index (χ2n) is 5.66. The summed E-state index contributed by atoms with van der Waals surface area (Å²) in [6.45, 7) is 0.166. The summed E-state index contributed by atoms with van der Waals surface area (Å²) in [6, 6.07) is 9.66. The van der Waals surface area contributed by atoms with E-state index in [1.165, 1.54) is 12.1 Å². The van der Waals surface area contributed by atoms with Gasteiger partial charge in [0.2, 0.25) is 6.79 Å². The van der Waals surface area contributed by atoms with E-state index >= 15 is 0 Å². The number of hydrogen-bond acceptors (Lipinski definition) is 6. The number of carbonyl (C=O) groups excluding carboxylic acids is 2. The van der Waals surface area contributed by atoms with Crippen molar-refractivity contribution in [2.75, 3.05) is 6.79 Å². The molecule has 2 amide bonds. The van der Waals surface area contributed by atoms with Gasteiger partial charge in [-0.2, -0.15) is 0 Å². The minimum absolute atomic E-state index is 0.0487. The zero-order chi connectivity index (χ0) is 18.3. The predicted octanol–water partition coefficient (Wildman–Crippen LogP) is 4.01. The fourth-order valence-electron chi connectivity index (χ4n) is 2.61. The number of phenols is 1. The average Bonchev–Trinajstić information content (AvgIpc) is 3.16. The van der Waals surface area contributed by atoms with Gasteiger partial charge < -0.3 is 14.6 Å². The Morgan fingerprint density at radius 3 is 2.58 bits per heavy atom. The van der Waals surface area contributed by atoms with Crippen molar-refractivity contribution in [2.45, 2.75) is 6.54 Å². The minimum Gasteiger partial charge on any atom is -0.508 e. The number of hydrogen-bond donors (Lipinski definition) is 1. The molecule has 0 spiro atoms. The molecule has 26 heavy (non-hydrogen) atoms. The number of carbonyl (C=O) groups is 2. The van der Waals surface area contributed by atoms with Crippen LogP contribution in [0.2, 0.25) is 5.02 Å².